The summed E-state index contributed by atoms with van der Waals surface area (Å²) < 4.78 is 56.0. The number of halogens is 4. The second-order valence-corrected chi connectivity index (χ2v) is 4.85. The van der Waals surface area contributed by atoms with Crippen molar-refractivity contribution in [2.24, 2.45) is 0 Å². The average Bonchev–Trinajstić information content (AvgIpc) is 2.34. The molecule has 3 nitrogen and oxygen atoms in total. The molecule has 1 N–H and O–H groups in total. The van der Waals surface area contributed by atoms with Crippen LogP contribution in [0.4, 0.5) is 17.6 Å². The Bertz CT molecular complexity index is 500. The van der Waals surface area contributed by atoms with E-state index in [4.69, 9.17) is 4.74 Å². The molecule has 118 valence electrons. The highest BCUT2D eigenvalue weighted by molar-refractivity contribution is 5.80. The first-order valence-electron chi connectivity index (χ1n) is 6.40. The number of hydrogen-bond acceptors (Lipinski definition) is 2. The Morgan fingerprint density at radius 3 is 2.38 bits per heavy atom. The number of carbonyl (C=O) groups excluding carboxylic acids is 1. The summed E-state index contributed by atoms with van der Waals surface area (Å²) >= 11 is 0. The number of rotatable bonds is 5. The first-order chi connectivity index (χ1) is 9.61. The zero-order chi connectivity index (χ0) is 16.2. The molecule has 1 aromatic carbocycles. The molecular formula is C14H17F4NO2. The van der Waals surface area contributed by atoms with Crippen LogP contribution in [0, 0.1) is 5.82 Å². The van der Waals surface area contributed by atoms with E-state index in [0.717, 1.165) is 12.1 Å². The normalized spacial score (nSPS) is 13.3. The highest BCUT2D eigenvalue weighted by Gasteiger charge is 2.31. The zero-order valence-corrected chi connectivity index (χ0v) is 11.9. The van der Waals surface area contributed by atoms with Crippen LogP contribution in [0.15, 0.2) is 18.2 Å². The summed E-state index contributed by atoms with van der Waals surface area (Å²) in [6.45, 7) is 4.87. The van der Waals surface area contributed by atoms with Crippen LogP contribution in [0.3, 0.4) is 0 Å². The fourth-order valence-electron chi connectivity index (χ4n) is 1.66. The molecular weight excluding hydrogens is 290 g/mol. The van der Waals surface area contributed by atoms with Crippen LogP contribution in [0.25, 0.3) is 0 Å². The molecule has 1 atom stereocenters. The summed E-state index contributed by atoms with van der Waals surface area (Å²) in [6, 6.07) is 2.19. The van der Waals surface area contributed by atoms with E-state index in [-0.39, 0.29) is 18.2 Å². The minimum atomic E-state index is -4.60. The van der Waals surface area contributed by atoms with Crippen molar-refractivity contribution in [3.63, 3.8) is 0 Å². The molecule has 1 aromatic rings. The van der Waals surface area contributed by atoms with Crippen molar-refractivity contribution in [2.75, 3.05) is 0 Å². The number of carbonyl (C=O) groups is 1. The van der Waals surface area contributed by atoms with E-state index in [2.05, 4.69) is 5.32 Å². The quantitative estimate of drug-likeness (QED) is 0.848. The van der Waals surface area contributed by atoms with Gasteiger partial charge in [-0.2, -0.15) is 13.2 Å². The molecule has 0 bridgehead atoms. The fraction of sp³-hybridized carbons (Fsp3) is 0.500. The molecule has 0 fully saturated rings. The molecule has 1 unspecified atom stereocenters. The van der Waals surface area contributed by atoms with Gasteiger partial charge in [-0.25, -0.2) is 4.39 Å². The lowest BCUT2D eigenvalue weighted by atomic mass is 10.1. The van der Waals surface area contributed by atoms with Gasteiger partial charge in [0.1, 0.15) is 11.9 Å². The van der Waals surface area contributed by atoms with E-state index < -0.39 is 29.6 Å². The highest BCUT2D eigenvalue weighted by Crippen LogP contribution is 2.30. The molecule has 7 heteroatoms. The van der Waals surface area contributed by atoms with Crippen molar-refractivity contribution in [2.45, 2.75) is 45.7 Å². The first kappa shape index (κ1) is 17.4. The molecule has 0 saturated heterocycles. The molecule has 0 aliphatic carbocycles. The van der Waals surface area contributed by atoms with Crippen molar-refractivity contribution in [3.05, 3.63) is 35.1 Å². The van der Waals surface area contributed by atoms with Crippen LogP contribution in [0.5, 0.6) is 0 Å². The summed E-state index contributed by atoms with van der Waals surface area (Å²) in [4.78, 5) is 11.7. The maximum Gasteiger partial charge on any atom is 0.416 e. The number of nitrogens with one attached hydrogen (secondary N) is 1. The van der Waals surface area contributed by atoms with Crippen molar-refractivity contribution in [3.8, 4) is 0 Å². The van der Waals surface area contributed by atoms with Crippen molar-refractivity contribution in [1.82, 2.24) is 5.32 Å². The number of benzene rings is 1. The summed E-state index contributed by atoms with van der Waals surface area (Å²) in [6.07, 6.45) is -5.46. The topological polar surface area (TPSA) is 38.3 Å². The smallest absolute Gasteiger partial charge is 0.366 e. The molecule has 0 spiro atoms. The van der Waals surface area contributed by atoms with E-state index in [0.29, 0.717) is 6.07 Å². The third kappa shape index (κ3) is 5.34. The Hall–Kier alpha value is -1.63. The second kappa shape index (κ2) is 6.89. The number of ether oxygens (including phenoxy) is 1. The molecule has 0 aromatic heterocycles. The standard InChI is InChI=1S/C14H17F4NO2/c1-8(2)21-9(3)13(20)19-7-10-4-5-11(6-12(10)15)14(16,17)18/h4-6,8-9H,7H2,1-3H3,(H,19,20). The number of alkyl halides is 3. The first-order valence-corrected chi connectivity index (χ1v) is 6.40. The molecule has 1 amide bonds. The monoisotopic (exact) mass is 307 g/mol. The van der Waals surface area contributed by atoms with E-state index in [1.807, 2.05) is 0 Å². The zero-order valence-electron chi connectivity index (χ0n) is 11.9. The van der Waals surface area contributed by atoms with Gasteiger partial charge in [0.05, 0.1) is 11.7 Å². The lowest BCUT2D eigenvalue weighted by molar-refractivity contribution is -0.138. The second-order valence-electron chi connectivity index (χ2n) is 4.85. The Labute approximate surface area is 120 Å². The molecule has 1 rings (SSSR count). The molecule has 0 saturated carbocycles. The maximum absolute atomic E-state index is 13.6. The van der Waals surface area contributed by atoms with Gasteiger partial charge in [0.15, 0.2) is 0 Å². The van der Waals surface area contributed by atoms with Crippen molar-refractivity contribution >= 4 is 5.91 Å². The third-order valence-corrected chi connectivity index (χ3v) is 2.68. The third-order valence-electron chi connectivity index (χ3n) is 2.68. The molecule has 0 aliphatic rings. The van der Waals surface area contributed by atoms with Gasteiger partial charge in [0, 0.05) is 12.1 Å². The minimum absolute atomic E-state index is 0.0203. The van der Waals surface area contributed by atoms with Crippen LogP contribution in [0.2, 0.25) is 0 Å². The Morgan fingerprint density at radius 1 is 1.29 bits per heavy atom. The molecule has 0 heterocycles. The number of amides is 1. The predicted octanol–water partition coefficient (Wildman–Crippen LogP) is 3.27. The van der Waals surface area contributed by atoms with Gasteiger partial charge >= 0.3 is 6.18 Å². The highest BCUT2D eigenvalue weighted by atomic mass is 19.4. The Morgan fingerprint density at radius 2 is 1.90 bits per heavy atom. The van der Waals surface area contributed by atoms with E-state index in [1.165, 1.54) is 0 Å². The van der Waals surface area contributed by atoms with Crippen LogP contribution in [-0.4, -0.2) is 18.1 Å². The molecule has 21 heavy (non-hydrogen) atoms. The summed E-state index contributed by atoms with van der Waals surface area (Å²) in [5, 5.41) is 2.42. The molecule has 0 radical (unpaired) electrons. The van der Waals surface area contributed by atoms with Crippen LogP contribution < -0.4 is 5.32 Å². The Kier molecular flexibility index (Phi) is 5.71. The van der Waals surface area contributed by atoms with Gasteiger partial charge in [0.25, 0.3) is 0 Å². The van der Waals surface area contributed by atoms with Gasteiger partial charge in [-0.1, -0.05) is 6.07 Å². The van der Waals surface area contributed by atoms with E-state index >= 15 is 0 Å². The van der Waals surface area contributed by atoms with Crippen LogP contribution in [0.1, 0.15) is 31.9 Å². The van der Waals surface area contributed by atoms with Gasteiger partial charge in [-0.05, 0) is 32.9 Å². The summed E-state index contributed by atoms with van der Waals surface area (Å²) in [5.74, 6) is -1.47. The van der Waals surface area contributed by atoms with Gasteiger partial charge in [-0.3, -0.25) is 4.79 Å². The average molecular weight is 307 g/mol. The van der Waals surface area contributed by atoms with Crippen molar-refractivity contribution in [1.29, 1.82) is 0 Å². The maximum atomic E-state index is 13.6. The Balaban J connectivity index is 2.66. The lowest BCUT2D eigenvalue weighted by Gasteiger charge is -2.16. The fourth-order valence-corrected chi connectivity index (χ4v) is 1.66. The SMILES string of the molecule is CC(C)OC(C)C(=O)NCc1ccc(C(F)(F)F)cc1F. The largest absolute Gasteiger partial charge is 0.416 e. The summed E-state index contributed by atoms with van der Waals surface area (Å²) in [7, 11) is 0. The molecule has 0 aliphatic heterocycles. The van der Waals surface area contributed by atoms with Gasteiger partial charge in [0.2, 0.25) is 5.91 Å². The van der Waals surface area contributed by atoms with Crippen molar-refractivity contribution < 1.29 is 27.1 Å². The van der Waals surface area contributed by atoms with Crippen LogP contribution in [-0.2, 0) is 22.3 Å². The van der Waals surface area contributed by atoms with Gasteiger partial charge in [-0.15, -0.1) is 0 Å². The lowest BCUT2D eigenvalue weighted by Crippen LogP contribution is -2.35. The van der Waals surface area contributed by atoms with Gasteiger partial charge < -0.3 is 10.1 Å². The van der Waals surface area contributed by atoms with E-state index in [9.17, 15) is 22.4 Å². The number of hydrogen-bond donors (Lipinski definition) is 1. The van der Waals surface area contributed by atoms with Crippen LogP contribution >= 0.6 is 0 Å². The predicted molar refractivity (Wildman–Crippen MR) is 68.9 cm³/mol. The summed E-state index contributed by atoms with van der Waals surface area (Å²) in [5.41, 5.74) is -1.08. The van der Waals surface area contributed by atoms with E-state index in [1.54, 1.807) is 20.8 Å². The minimum Gasteiger partial charge on any atom is -0.366 e.